The Kier molecular flexibility index (Phi) is 12.3. The van der Waals surface area contributed by atoms with E-state index < -0.39 is 29.7 Å². The number of halogens is 2. The highest BCUT2D eigenvalue weighted by Crippen LogP contribution is 2.30. The maximum atomic E-state index is 13.9. The highest BCUT2D eigenvalue weighted by atomic mass is 19.1. The molecule has 1 amide bonds. The van der Waals surface area contributed by atoms with Gasteiger partial charge in [-0.05, 0) is 85.7 Å². The zero-order valence-electron chi connectivity index (χ0n) is 26.9. The number of rotatable bonds is 16. The molecule has 7 nitrogen and oxygen atoms in total. The molecule has 0 saturated heterocycles. The first-order valence-electron chi connectivity index (χ1n) is 16.0. The van der Waals surface area contributed by atoms with Crippen molar-refractivity contribution in [1.82, 2.24) is 10.2 Å². The van der Waals surface area contributed by atoms with Crippen molar-refractivity contribution < 1.29 is 23.1 Å². The standard InChI is InChI=1S/C37H44F2N4O3/c1-5-13-43(14-6-2)36(44)28-15-25(7-3)16-29(21-28)37(45)46-35(34(40)20-27-17-30(38)22-31(39)18-27)24-41-23-26-9-8-10-33(19-26)42(4)32-11-12-32/h3,8-10,15-19,21-22,32,34-35,41H,5-6,11-14,20,23-24,40H2,1-2,4H3/t34-,35+/m0/s1. The van der Waals surface area contributed by atoms with Gasteiger partial charge in [0.2, 0.25) is 0 Å². The van der Waals surface area contributed by atoms with E-state index in [2.05, 4.69) is 35.3 Å². The number of ether oxygens (including phenoxy) is 1. The molecule has 1 saturated carbocycles. The van der Waals surface area contributed by atoms with Gasteiger partial charge in [0.05, 0.1) is 5.56 Å². The number of carbonyl (C=O) groups excluding carboxylic acids is 2. The van der Waals surface area contributed by atoms with E-state index >= 15 is 0 Å². The van der Waals surface area contributed by atoms with Crippen molar-refractivity contribution in [3.05, 3.63) is 100 Å². The second-order valence-electron chi connectivity index (χ2n) is 12.0. The fourth-order valence-electron chi connectivity index (χ4n) is 5.53. The molecule has 0 spiro atoms. The van der Waals surface area contributed by atoms with Crippen LogP contribution in [0.25, 0.3) is 0 Å². The summed E-state index contributed by atoms with van der Waals surface area (Å²) in [7, 11) is 2.09. The number of nitrogens with one attached hydrogen (secondary N) is 1. The Labute approximate surface area is 271 Å². The van der Waals surface area contributed by atoms with Gasteiger partial charge in [0.1, 0.15) is 17.7 Å². The van der Waals surface area contributed by atoms with E-state index in [1.54, 1.807) is 11.0 Å². The van der Waals surface area contributed by atoms with Crippen LogP contribution < -0.4 is 16.0 Å². The van der Waals surface area contributed by atoms with Gasteiger partial charge in [0.25, 0.3) is 5.91 Å². The van der Waals surface area contributed by atoms with E-state index in [9.17, 15) is 18.4 Å². The summed E-state index contributed by atoms with van der Waals surface area (Å²) in [6.45, 7) is 5.81. The minimum absolute atomic E-state index is 0.0626. The summed E-state index contributed by atoms with van der Waals surface area (Å²) in [5, 5.41) is 3.34. The minimum atomic E-state index is -0.874. The summed E-state index contributed by atoms with van der Waals surface area (Å²) >= 11 is 0. The summed E-state index contributed by atoms with van der Waals surface area (Å²) in [5.41, 5.74) is 9.85. The highest BCUT2D eigenvalue weighted by Gasteiger charge is 2.27. The van der Waals surface area contributed by atoms with Crippen LogP contribution in [0.5, 0.6) is 0 Å². The monoisotopic (exact) mass is 630 g/mol. The summed E-state index contributed by atoms with van der Waals surface area (Å²) in [4.78, 5) is 30.9. The number of hydrogen-bond donors (Lipinski definition) is 2. The van der Waals surface area contributed by atoms with E-state index in [0.29, 0.717) is 42.4 Å². The number of benzene rings is 3. The molecule has 0 heterocycles. The Morgan fingerprint density at radius 1 is 1.00 bits per heavy atom. The molecule has 0 aromatic heterocycles. The van der Waals surface area contributed by atoms with E-state index in [-0.39, 0.29) is 24.4 Å². The molecule has 2 atom stereocenters. The third kappa shape index (κ3) is 9.62. The Bertz CT molecular complexity index is 1530. The smallest absolute Gasteiger partial charge is 0.338 e. The minimum Gasteiger partial charge on any atom is -0.456 e. The predicted octanol–water partition coefficient (Wildman–Crippen LogP) is 5.69. The number of terminal acetylenes is 1. The number of esters is 1. The maximum absolute atomic E-state index is 13.9. The van der Waals surface area contributed by atoms with Gasteiger partial charge in [-0.15, -0.1) is 6.42 Å². The summed E-state index contributed by atoms with van der Waals surface area (Å²) in [6, 6.07) is 15.8. The molecule has 46 heavy (non-hydrogen) atoms. The van der Waals surface area contributed by atoms with Crippen molar-refractivity contribution in [2.24, 2.45) is 5.73 Å². The highest BCUT2D eigenvalue weighted by molar-refractivity contribution is 5.98. The quantitative estimate of drug-likeness (QED) is 0.156. The zero-order valence-corrected chi connectivity index (χ0v) is 26.9. The summed E-state index contributed by atoms with van der Waals surface area (Å²) in [5.74, 6) is 0.177. The van der Waals surface area contributed by atoms with Gasteiger partial charge in [-0.1, -0.05) is 31.9 Å². The van der Waals surface area contributed by atoms with Crippen molar-refractivity contribution in [2.45, 2.75) is 70.7 Å². The molecule has 1 aliphatic carbocycles. The van der Waals surface area contributed by atoms with Crippen LogP contribution in [-0.4, -0.2) is 61.6 Å². The fourth-order valence-corrected chi connectivity index (χ4v) is 5.53. The van der Waals surface area contributed by atoms with Crippen LogP contribution >= 0.6 is 0 Å². The van der Waals surface area contributed by atoms with E-state index in [1.807, 2.05) is 26.0 Å². The Hall–Kier alpha value is -4.26. The molecule has 3 aromatic rings. The van der Waals surface area contributed by atoms with Crippen LogP contribution in [0.2, 0.25) is 0 Å². The topological polar surface area (TPSA) is 87.9 Å². The van der Waals surface area contributed by atoms with Crippen LogP contribution in [0.15, 0.2) is 60.7 Å². The molecule has 1 fully saturated rings. The van der Waals surface area contributed by atoms with Gasteiger partial charge >= 0.3 is 5.97 Å². The zero-order chi connectivity index (χ0) is 33.2. The average Bonchev–Trinajstić information content (AvgIpc) is 3.88. The first kappa shape index (κ1) is 34.6. The maximum Gasteiger partial charge on any atom is 0.338 e. The van der Waals surface area contributed by atoms with Gasteiger partial charge in [-0.25, -0.2) is 13.6 Å². The molecular formula is C37H44F2N4O3. The molecule has 3 N–H and O–H groups in total. The fraction of sp³-hybridized carbons (Fsp3) is 0.405. The lowest BCUT2D eigenvalue weighted by molar-refractivity contribution is 0.0238. The molecule has 4 rings (SSSR count). The van der Waals surface area contributed by atoms with Crippen molar-refractivity contribution >= 4 is 17.6 Å². The third-order valence-corrected chi connectivity index (χ3v) is 8.07. The molecule has 1 aliphatic rings. The summed E-state index contributed by atoms with van der Waals surface area (Å²) < 4.78 is 33.8. The van der Waals surface area contributed by atoms with Crippen molar-refractivity contribution in [2.75, 3.05) is 31.6 Å². The molecule has 0 radical (unpaired) electrons. The van der Waals surface area contributed by atoms with E-state index in [1.165, 1.54) is 37.1 Å². The molecule has 3 aromatic carbocycles. The van der Waals surface area contributed by atoms with Crippen LogP contribution in [0, 0.1) is 24.0 Å². The molecule has 0 aliphatic heterocycles. The first-order chi connectivity index (χ1) is 22.1. The number of nitrogens with two attached hydrogens (primary N) is 1. The van der Waals surface area contributed by atoms with Crippen molar-refractivity contribution in [1.29, 1.82) is 0 Å². The van der Waals surface area contributed by atoms with Crippen molar-refractivity contribution in [3.8, 4) is 12.3 Å². The lowest BCUT2D eigenvalue weighted by Gasteiger charge is -2.25. The van der Waals surface area contributed by atoms with Crippen molar-refractivity contribution in [3.63, 3.8) is 0 Å². The first-order valence-corrected chi connectivity index (χ1v) is 16.0. The molecule has 0 bridgehead atoms. The predicted molar refractivity (Wildman–Crippen MR) is 178 cm³/mol. The second kappa shape index (κ2) is 16.3. The number of nitrogens with zero attached hydrogens (tertiary/aromatic N) is 2. The molecular weight excluding hydrogens is 586 g/mol. The Morgan fingerprint density at radius 2 is 1.67 bits per heavy atom. The Balaban J connectivity index is 1.53. The Morgan fingerprint density at radius 3 is 2.30 bits per heavy atom. The SMILES string of the molecule is C#Cc1cc(C(=O)O[C@H](CNCc2cccc(N(C)C3CC3)c2)[C@@H](N)Cc2cc(F)cc(F)c2)cc(C(=O)N(CCC)CCC)c1. The second-order valence-corrected chi connectivity index (χ2v) is 12.0. The van der Waals surface area contributed by atoms with E-state index in [4.69, 9.17) is 16.9 Å². The van der Waals surface area contributed by atoms with Crippen LogP contribution in [0.3, 0.4) is 0 Å². The summed E-state index contributed by atoms with van der Waals surface area (Å²) in [6.07, 6.45) is 8.84. The molecule has 9 heteroatoms. The molecule has 244 valence electrons. The van der Waals surface area contributed by atoms with E-state index in [0.717, 1.165) is 30.2 Å². The number of hydrogen-bond acceptors (Lipinski definition) is 6. The van der Waals surface area contributed by atoms with Gasteiger partial charge in [-0.2, -0.15) is 0 Å². The van der Waals surface area contributed by atoms with Crippen LogP contribution in [-0.2, 0) is 17.7 Å². The van der Waals surface area contributed by atoms with Gasteiger partial charge in [-0.3, -0.25) is 4.79 Å². The average molecular weight is 631 g/mol. The van der Waals surface area contributed by atoms with Gasteiger partial charge in [0.15, 0.2) is 0 Å². The number of anilines is 1. The normalized spacial score (nSPS) is 13.8. The largest absolute Gasteiger partial charge is 0.456 e. The van der Waals surface area contributed by atoms with Gasteiger partial charge in [0, 0.05) is 68.2 Å². The third-order valence-electron chi connectivity index (χ3n) is 8.07. The number of carbonyl (C=O) groups is 2. The molecule has 0 unspecified atom stereocenters. The lowest BCUT2D eigenvalue weighted by atomic mass is 10.0. The number of amides is 1. The van der Waals surface area contributed by atoms with Crippen LogP contribution in [0.1, 0.15) is 76.9 Å². The lowest BCUT2D eigenvalue weighted by Crippen LogP contribution is -2.46. The van der Waals surface area contributed by atoms with Gasteiger partial charge < -0.3 is 25.6 Å². The van der Waals surface area contributed by atoms with Crippen LogP contribution in [0.4, 0.5) is 14.5 Å².